The van der Waals surface area contributed by atoms with Crippen LogP contribution in [-0.2, 0) is 4.79 Å². The minimum Gasteiger partial charge on any atom is -0.395 e. The van der Waals surface area contributed by atoms with Gasteiger partial charge in [0.2, 0.25) is 5.91 Å². The second kappa shape index (κ2) is 6.17. The Morgan fingerprint density at radius 3 is 3.00 bits per heavy atom. The van der Waals surface area contributed by atoms with E-state index in [2.05, 4.69) is 26.2 Å². The first-order chi connectivity index (χ1) is 9.01. The lowest BCUT2D eigenvalue weighted by atomic mass is 10.0. The molecule has 0 radical (unpaired) electrons. The number of pyridine rings is 1. The van der Waals surface area contributed by atoms with E-state index in [1.165, 1.54) is 6.92 Å². The molecule has 5 nitrogen and oxygen atoms in total. The summed E-state index contributed by atoms with van der Waals surface area (Å²) in [5, 5.41) is 12.8. The van der Waals surface area contributed by atoms with Crippen LogP contribution in [-0.4, -0.2) is 46.6 Å². The van der Waals surface area contributed by atoms with Gasteiger partial charge >= 0.3 is 0 Å². The highest BCUT2D eigenvalue weighted by Gasteiger charge is 2.30. The van der Waals surface area contributed by atoms with Crippen molar-refractivity contribution in [1.82, 2.24) is 15.2 Å². The molecule has 104 valence electrons. The Bertz CT molecular complexity index is 466. The van der Waals surface area contributed by atoms with E-state index in [9.17, 15) is 9.90 Å². The number of piperazine rings is 1. The topological polar surface area (TPSA) is 65.5 Å². The van der Waals surface area contributed by atoms with E-state index in [1.807, 2.05) is 6.07 Å². The van der Waals surface area contributed by atoms with E-state index in [0.717, 1.165) is 5.56 Å². The van der Waals surface area contributed by atoms with Crippen molar-refractivity contribution in [3.63, 3.8) is 0 Å². The zero-order valence-corrected chi connectivity index (χ0v) is 12.8. The third-order valence-electron chi connectivity index (χ3n) is 3.19. The Kier molecular flexibility index (Phi) is 4.78. The van der Waals surface area contributed by atoms with Gasteiger partial charge in [0, 0.05) is 26.1 Å². The lowest BCUT2D eigenvalue weighted by molar-refractivity contribution is -0.133. The number of aliphatic hydroxyl groups is 1. The summed E-state index contributed by atoms with van der Waals surface area (Å²) in [5.74, 6) is -0.0194. The molecule has 1 fully saturated rings. The molecule has 1 saturated heterocycles. The number of rotatable bonds is 2. The number of nitrogens with zero attached hydrogens (tertiary/aromatic N) is 2. The molecule has 1 aromatic heterocycles. The van der Waals surface area contributed by atoms with Gasteiger partial charge in [-0.2, -0.15) is 0 Å². The minimum absolute atomic E-state index is 0.0112. The summed E-state index contributed by atoms with van der Waals surface area (Å²) in [6.45, 7) is 2.60. The van der Waals surface area contributed by atoms with Crippen molar-refractivity contribution in [3.05, 3.63) is 27.5 Å². The van der Waals surface area contributed by atoms with Gasteiger partial charge in [-0.3, -0.25) is 4.79 Å². The van der Waals surface area contributed by atoms with Crippen LogP contribution < -0.4 is 5.32 Å². The fourth-order valence-electron chi connectivity index (χ4n) is 2.26. The molecule has 0 bridgehead atoms. The van der Waals surface area contributed by atoms with Crippen molar-refractivity contribution in [3.8, 4) is 0 Å². The maximum absolute atomic E-state index is 11.8. The Balaban J connectivity index is 2.28. The standard InChI is InChI=1S/C12H15BrClN3O2/c1-7(19)17-5-9(6-18)15-4-10(17)8-2-11(13)16-12(14)3-8/h2-3,9-10,15,18H,4-6H2,1H3. The zero-order valence-electron chi connectivity index (χ0n) is 10.4. The molecular weight excluding hydrogens is 334 g/mol. The van der Waals surface area contributed by atoms with Gasteiger partial charge in [-0.15, -0.1) is 0 Å². The highest BCUT2D eigenvalue weighted by atomic mass is 79.9. The van der Waals surface area contributed by atoms with E-state index < -0.39 is 0 Å². The van der Waals surface area contributed by atoms with Crippen LogP contribution in [0.1, 0.15) is 18.5 Å². The molecule has 0 spiro atoms. The molecule has 2 unspecified atom stereocenters. The zero-order chi connectivity index (χ0) is 14.0. The summed E-state index contributed by atoms with van der Waals surface area (Å²) >= 11 is 9.25. The van der Waals surface area contributed by atoms with Crippen LogP contribution in [0.4, 0.5) is 0 Å². The molecule has 2 rings (SSSR count). The lowest BCUT2D eigenvalue weighted by Gasteiger charge is -2.39. The number of carbonyl (C=O) groups is 1. The van der Waals surface area contributed by atoms with E-state index in [4.69, 9.17) is 11.6 Å². The fourth-order valence-corrected chi connectivity index (χ4v) is 3.04. The first-order valence-electron chi connectivity index (χ1n) is 5.95. The molecule has 0 saturated carbocycles. The van der Waals surface area contributed by atoms with E-state index in [-0.39, 0.29) is 24.6 Å². The molecule has 7 heteroatoms. The van der Waals surface area contributed by atoms with Gasteiger partial charge < -0.3 is 15.3 Å². The SMILES string of the molecule is CC(=O)N1CC(CO)NCC1c1cc(Cl)nc(Br)c1. The maximum Gasteiger partial charge on any atom is 0.220 e. The summed E-state index contributed by atoms with van der Waals surface area (Å²) in [6, 6.07) is 3.43. The van der Waals surface area contributed by atoms with Crippen LogP contribution in [0.2, 0.25) is 5.15 Å². The van der Waals surface area contributed by atoms with Gasteiger partial charge in [0.25, 0.3) is 0 Å². The average Bonchev–Trinajstić information content (AvgIpc) is 2.36. The molecular formula is C12H15BrClN3O2. The van der Waals surface area contributed by atoms with Crippen LogP contribution in [0.3, 0.4) is 0 Å². The third-order valence-corrected chi connectivity index (χ3v) is 3.79. The first kappa shape index (κ1) is 14.7. The molecule has 0 aromatic carbocycles. The molecule has 2 atom stereocenters. The molecule has 2 N–H and O–H groups in total. The monoisotopic (exact) mass is 347 g/mol. The first-order valence-corrected chi connectivity index (χ1v) is 7.12. The van der Waals surface area contributed by atoms with Crippen LogP contribution in [0.25, 0.3) is 0 Å². The van der Waals surface area contributed by atoms with Crippen molar-refractivity contribution in [2.24, 2.45) is 0 Å². The van der Waals surface area contributed by atoms with Gasteiger partial charge in [-0.25, -0.2) is 4.98 Å². The number of aliphatic hydroxyl groups excluding tert-OH is 1. The minimum atomic E-state index is -0.0999. The molecule has 0 aliphatic carbocycles. The summed E-state index contributed by atoms with van der Waals surface area (Å²) < 4.78 is 0.641. The summed E-state index contributed by atoms with van der Waals surface area (Å²) in [4.78, 5) is 17.6. The summed E-state index contributed by atoms with van der Waals surface area (Å²) in [7, 11) is 0. The average molecular weight is 349 g/mol. The van der Waals surface area contributed by atoms with E-state index in [1.54, 1.807) is 11.0 Å². The number of hydrogen-bond acceptors (Lipinski definition) is 4. The van der Waals surface area contributed by atoms with Crippen molar-refractivity contribution >= 4 is 33.4 Å². The second-order valence-corrected chi connectivity index (χ2v) is 5.72. The van der Waals surface area contributed by atoms with Crippen LogP contribution in [0.15, 0.2) is 16.7 Å². The maximum atomic E-state index is 11.8. The predicted molar refractivity (Wildman–Crippen MR) is 76.0 cm³/mol. The number of halogens is 2. The number of aromatic nitrogens is 1. The smallest absolute Gasteiger partial charge is 0.220 e. The molecule has 1 aromatic rings. The number of nitrogens with one attached hydrogen (secondary N) is 1. The third kappa shape index (κ3) is 3.45. The number of hydrogen-bond donors (Lipinski definition) is 2. The Morgan fingerprint density at radius 2 is 2.42 bits per heavy atom. The Labute approximate surface area is 125 Å². The quantitative estimate of drug-likeness (QED) is 0.792. The fraction of sp³-hybridized carbons (Fsp3) is 0.500. The van der Waals surface area contributed by atoms with E-state index >= 15 is 0 Å². The second-order valence-electron chi connectivity index (χ2n) is 4.52. The number of carbonyl (C=O) groups excluding carboxylic acids is 1. The van der Waals surface area contributed by atoms with Gasteiger partial charge in [0.1, 0.15) is 9.76 Å². The highest BCUT2D eigenvalue weighted by Crippen LogP contribution is 2.27. The lowest BCUT2D eigenvalue weighted by Crippen LogP contribution is -2.55. The van der Waals surface area contributed by atoms with Crippen molar-refractivity contribution < 1.29 is 9.90 Å². The van der Waals surface area contributed by atoms with Crippen LogP contribution >= 0.6 is 27.5 Å². The highest BCUT2D eigenvalue weighted by molar-refractivity contribution is 9.10. The van der Waals surface area contributed by atoms with Crippen molar-refractivity contribution in [2.45, 2.75) is 19.0 Å². The molecule has 1 amide bonds. The molecule has 2 heterocycles. The summed E-state index contributed by atoms with van der Waals surface area (Å²) in [5.41, 5.74) is 0.922. The predicted octanol–water partition coefficient (Wildman–Crippen LogP) is 1.35. The van der Waals surface area contributed by atoms with Crippen molar-refractivity contribution in [2.75, 3.05) is 19.7 Å². The van der Waals surface area contributed by atoms with Crippen LogP contribution in [0.5, 0.6) is 0 Å². The van der Waals surface area contributed by atoms with Gasteiger partial charge in [-0.05, 0) is 33.6 Å². The largest absolute Gasteiger partial charge is 0.395 e. The van der Waals surface area contributed by atoms with Gasteiger partial charge in [0.05, 0.1) is 12.6 Å². The van der Waals surface area contributed by atoms with Gasteiger partial charge in [-0.1, -0.05) is 11.6 Å². The van der Waals surface area contributed by atoms with Crippen molar-refractivity contribution in [1.29, 1.82) is 0 Å². The number of amides is 1. The normalized spacial score (nSPS) is 23.5. The molecule has 19 heavy (non-hydrogen) atoms. The molecule has 1 aliphatic rings. The Morgan fingerprint density at radius 1 is 1.68 bits per heavy atom. The summed E-state index contributed by atoms with van der Waals surface area (Å²) in [6.07, 6.45) is 0. The van der Waals surface area contributed by atoms with Crippen LogP contribution in [0, 0.1) is 0 Å². The van der Waals surface area contributed by atoms with E-state index in [0.29, 0.717) is 22.8 Å². The Hall–Kier alpha value is -0.690. The van der Waals surface area contributed by atoms with Gasteiger partial charge in [0.15, 0.2) is 0 Å². The molecule has 1 aliphatic heterocycles.